The third-order valence-electron chi connectivity index (χ3n) is 3.02. The van der Waals surface area contributed by atoms with Gasteiger partial charge in [0.1, 0.15) is 6.04 Å². The number of ether oxygens (including phenoxy) is 2. The van der Waals surface area contributed by atoms with Crippen LogP contribution >= 0.6 is 0 Å². The molecule has 0 saturated carbocycles. The number of rotatable bonds is 7. The van der Waals surface area contributed by atoms with Crippen molar-refractivity contribution >= 4 is 17.8 Å². The Labute approximate surface area is 138 Å². The van der Waals surface area contributed by atoms with Gasteiger partial charge < -0.3 is 14.8 Å². The van der Waals surface area contributed by atoms with Gasteiger partial charge in [-0.15, -0.1) is 0 Å². The summed E-state index contributed by atoms with van der Waals surface area (Å²) in [6.07, 6.45) is 0.357. The number of carbonyl (C=O) groups is 3. The second-order valence-electron chi connectivity index (χ2n) is 5.48. The number of hydrogen-bond donors (Lipinski definition) is 1. The molecule has 0 bridgehead atoms. The highest BCUT2D eigenvalue weighted by atomic mass is 19.2. The summed E-state index contributed by atoms with van der Waals surface area (Å²) in [7, 11) is 1.20. The second-order valence-corrected chi connectivity index (χ2v) is 5.48. The van der Waals surface area contributed by atoms with Crippen LogP contribution in [0.1, 0.15) is 30.6 Å². The highest BCUT2D eigenvalue weighted by Gasteiger charge is 2.23. The van der Waals surface area contributed by atoms with E-state index in [1.165, 1.54) is 7.11 Å². The summed E-state index contributed by atoms with van der Waals surface area (Å²) in [5.41, 5.74) is -0.228. The van der Waals surface area contributed by atoms with E-state index in [1.807, 2.05) is 13.8 Å². The van der Waals surface area contributed by atoms with Crippen molar-refractivity contribution in [1.82, 2.24) is 5.32 Å². The van der Waals surface area contributed by atoms with Crippen molar-refractivity contribution in [1.29, 1.82) is 0 Å². The van der Waals surface area contributed by atoms with E-state index in [0.717, 1.165) is 12.1 Å². The van der Waals surface area contributed by atoms with E-state index in [1.54, 1.807) is 0 Å². The fourth-order valence-electron chi connectivity index (χ4n) is 1.90. The number of amides is 1. The summed E-state index contributed by atoms with van der Waals surface area (Å²) in [6, 6.07) is 1.63. The SMILES string of the molecule is COC(=O)[C@H](CC(C)C)NC(=O)COC(=O)c1ccc(F)c(F)c1. The molecule has 0 aromatic heterocycles. The Hall–Kier alpha value is -2.51. The maximum absolute atomic E-state index is 13.0. The molecule has 1 N–H and O–H groups in total. The zero-order valence-corrected chi connectivity index (χ0v) is 13.6. The minimum Gasteiger partial charge on any atom is -0.467 e. The molecular weight excluding hydrogens is 324 g/mol. The zero-order valence-electron chi connectivity index (χ0n) is 13.6. The van der Waals surface area contributed by atoms with E-state index in [4.69, 9.17) is 4.74 Å². The maximum Gasteiger partial charge on any atom is 0.338 e. The van der Waals surface area contributed by atoms with Gasteiger partial charge in [-0.25, -0.2) is 18.4 Å². The molecule has 0 fully saturated rings. The first kappa shape index (κ1) is 19.5. The molecule has 0 aliphatic heterocycles. The second kappa shape index (κ2) is 8.95. The lowest BCUT2D eigenvalue weighted by Crippen LogP contribution is -2.44. The van der Waals surface area contributed by atoms with Crippen LogP contribution in [0.25, 0.3) is 0 Å². The van der Waals surface area contributed by atoms with Crippen molar-refractivity contribution in [2.75, 3.05) is 13.7 Å². The lowest BCUT2D eigenvalue weighted by Gasteiger charge is -2.18. The van der Waals surface area contributed by atoms with Gasteiger partial charge in [-0.05, 0) is 30.5 Å². The molecule has 0 radical (unpaired) electrons. The Morgan fingerprint density at radius 3 is 2.38 bits per heavy atom. The smallest absolute Gasteiger partial charge is 0.338 e. The quantitative estimate of drug-likeness (QED) is 0.764. The van der Waals surface area contributed by atoms with Crippen molar-refractivity contribution in [3.8, 4) is 0 Å². The van der Waals surface area contributed by atoms with Gasteiger partial charge in [0.2, 0.25) is 0 Å². The van der Waals surface area contributed by atoms with Crippen LogP contribution in [0, 0.1) is 17.6 Å². The molecule has 1 rings (SSSR count). The Morgan fingerprint density at radius 1 is 1.17 bits per heavy atom. The topological polar surface area (TPSA) is 81.7 Å². The fourth-order valence-corrected chi connectivity index (χ4v) is 1.90. The summed E-state index contributed by atoms with van der Waals surface area (Å²) in [4.78, 5) is 35.1. The van der Waals surface area contributed by atoms with Crippen molar-refractivity contribution in [2.24, 2.45) is 5.92 Å². The van der Waals surface area contributed by atoms with E-state index in [2.05, 4.69) is 10.1 Å². The Morgan fingerprint density at radius 2 is 1.83 bits per heavy atom. The van der Waals surface area contributed by atoms with E-state index in [-0.39, 0.29) is 11.5 Å². The molecule has 8 heteroatoms. The van der Waals surface area contributed by atoms with E-state index < -0.39 is 42.1 Å². The van der Waals surface area contributed by atoms with Gasteiger partial charge in [0.05, 0.1) is 12.7 Å². The van der Waals surface area contributed by atoms with Gasteiger partial charge >= 0.3 is 11.9 Å². The van der Waals surface area contributed by atoms with Crippen molar-refractivity contribution in [3.63, 3.8) is 0 Å². The molecule has 1 aromatic rings. The number of halogens is 2. The molecule has 0 unspecified atom stereocenters. The van der Waals surface area contributed by atoms with Crippen molar-refractivity contribution in [3.05, 3.63) is 35.4 Å². The summed E-state index contributed by atoms with van der Waals surface area (Å²) < 4.78 is 35.2. The van der Waals surface area contributed by atoms with Crippen LogP contribution in [0.4, 0.5) is 8.78 Å². The monoisotopic (exact) mass is 343 g/mol. The highest BCUT2D eigenvalue weighted by Crippen LogP contribution is 2.10. The lowest BCUT2D eigenvalue weighted by molar-refractivity contribution is -0.145. The molecule has 0 saturated heterocycles. The van der Waals surface area contributed by atoms with Gasteiger partial charge in [-0.2, -0.15) is 0 Å². The van der Waals surface area contributed by atoms with Crippen LogP contribution in [-0.4, -0.2) is 37.6 Å². The molecule has 132 valence electrons. The van der Waals surface area contributed by atoms with E-state index in [9.17, 15) is 23.2 Å². The number of carbonyl (C=O) groups excluding carboxylic acids is 3. The predicted molar refractivity (Wildman–Crippen MR) is 80.0 cm³/mol. The number of nitrogens with one attached hydrogen (secondary N) is 1. The summed E-state index contributed by atoms with van der Waals surface area (Å²) >= 11 is 0. The van der Waals surface area contributed by atoms with Crippen LogP contribution in [0.2, 0.25) is 0 Å². The van der Waals surface area contributed by atoms with Gasteiger partial charge in [0.15, 0.2) is 18.2 Å². The fraction of sp³-hybridized carbons (Fsp3) is 0.438. The summed E-state index contributed by atoms with van der Waals surface area (Å²) in [6.45, 7) is 3.07. The largest absolute Gasteiger partial charge is 0.467 e. The molecule has 1 atom stereocenters. The van der Waals surface area contributed by atoms with Crippen molar-refractivity contribution < 1.29 is 32.6 Å². The first-order valence-electron chi connectivity index (χ1n) is 7.24. The Bertz CT molecular complexity index is 618. The lowest BCUT2D eigenvalue weighted by atomic mass is 10.0. The van der Waals surface area contributed by atoms with E-state index in [0.29, 0.717) is 12.5 Å². The number of hydrogen-bond acceptors (Lipinski definition) is 5. The average Bonchev–Trinajstić information content (AvgIpc) is 2.53. The molecule has 0 aliphatic carbocycles. The van der Waals surface area contributed by atoms with Crippen LogP contribution < -0.4 is 5.32 Å². The number of esters is 2. The summed E-state index contributed by atoms with van der Waals surface area (Å²) in [5, 5.41) is 2.40. The first-order valence-corrected chi connectivity index (χ1v) is 7.24. The summed E-state index contributed by atoms with van der Waals surface area (Å²) in [5.74, 6) is -4.47. The van der Waals surface area contributed by atoms with Crippen LogP contribution in [-0.2, 0) is 19.1 Å². The van der Waals surface area contributed by atoms with Crippen molar-refractivity contribution in [2.45, 2.75) is 26.3 Å². The first-order chi connectivity index (χ1) is 11.2. The van der Waals surface area contributed by atoms with Gasteiger partial charge in [0, 0.05) is 0 Å². The van der Waals surface area contributed by atoms with Gasteiger partial charge in [-0.3, -0.25) is 4.79 Å². The van der Waals surface area contributed by atoms with E-state index >= 15 is 0 Å². The molecule has 1 aromatic carbocycles. The third kappa shape index (κ3) is 5.94. The Kier molecular flexibility index (Phi) is 7.29. The van der Waals surface area contributed by atoms with Gasteiger partial charge in [-0.1, -0.05) is 13.8 Å². The van der Waals surface area contributed by atoms with Crippen LogP contribution in [0.5, 0.6) is 0 Å². The molecule has 0 spiro atoms. The number of methoxy groups -OCH3 is 1. The molecule has 1 amide bonds. The predicted octanol–water partition coefficient (Wildman–Crippen LogP) is 1.83. The van der Waals surface area contributed by atoms with Crippen LogP contribution in [0.15, 0.2) is 18.2 Å². The minimum absolute atomic E-state index is 0.124. The molecule has 24 heavy (non-hydrogen) atoms. The normalized spacial score (nSPS) is 11.8. The minimum atomic E-state index is -1.20. The maximum atomic E-state index is 13.0. The molecule has 0 heterocycles. The zero-order chi connectivity index (χ0) is 18.3. The molecule has 0 aliphatic rings. The highest BCUT2D eigenvalue weighted by molar-refractivity contribution is 5.92. The molecule has 6 nitrogen and oxygen atoms in total. The van der Waals surface area contributed by atoms with Crippen LogP contribution in [0.3, 0.4) is 0 Å². The average molecular weight is 343 g/mol. The number of benzene rings is 1. The van der Waals surface area contributed by atoms with Gasteiger partial charge in [0.25, 0.3) is 5.91 Å². The third-order valence-corrected chi connectivity index (χ3v) is 3.02. The molecular formula is C16H19F2NO5. The Balaban J connectivity index is 2.58. The standard InChI is InChI=1S/C16H19F2NO5/c1-9(2)6-13(16(22)23-3)19-14(20)8-24-15(21)10-4-5-11(17)12(18)7-10/h4-5,7,9,13H,6,8H2,1-3H3,(H,19,20)/t13-/m0/s1.